The first-order valence-corrected chi connectivity index (χ1v) is 10.5. The Morgan fingerprint density at radius 1 is 1.38 bits per heavy atom. The number of morpholine rings is 1. The minimum absolute atomic E-state index is 0.0705. The first kappa shape index (κ1) is 17.6. The Labute approximate surface area is 148 Å². The molecule has 0 amide bonds. The lowest BCUT2D eigenvalue weighted by Gasteiger charge is -2.33. The van der Waals surface area contributed by atoms with Gasteiger partial charge in [0.2, 0.25) is 0 Å². The maximum Gasteiger partial charge on any atom is 0.256 e. The number of sulfonamides is 1. The fraction of sp³-hybridized carbons (Fsp3) is 0.400. The van der Waals surface area contributed by atoms with Crippen LogP contribution in [-0.2, 0) is 14.8 Å². The fourth-order valence-corrected chi connectivity index (χ4v) is 6.26. The largest absolute Gasteiger partial charge is 0.494 e. The molecule has 24 heavy (non-hydrogen) atoms. The van der Waals surface area contributed by atoms with Crippen LogP contribution in [0, 0.1) is 0 Å². The zero-order chi connectivity index (χ0) is 17.2. The Morgan fingerprint density at radius 2 is 2.21 bits per heavy atom. The van der Waals surface area contributed by atoms with Gasteiger partial charge in [-0.25, -0.2) is 8.42 Å². The van der Waals surface area contributed by atoms with Gasteiger partial charge in [0, 0.05) is 13.0 Å². The summed E-state index contributed by atoms with van der Waals surface area (Å²) >= 11 is 2.47. The summed E-state index contributed by atoms with van der Waals surface area (Å²) in [5.74, 6) is 0.258. The number of carbonyl (C=O) groups is 1. The van der Waals surface area contributed by atoms with E-state index in [0.29, 0.717) is 17.2 Å². The Morgan fingerprint density at radius 3 is 2.92 bits per heavy atom. The topological polar surface area (TPSA) is 72.9 Å². The van der Waals surface area contributed by atoms with Gasteiger partial charge in [0.15, 0.2) is 9.99 Å². The third kappa shape index (κ3) is 3.40. The lowest BCUT2D eigenvalue weighted by molar-refractivity contribution is 0.0294. The highest BCUT2D eigenvalue weighted by Crippen LogP contribution is 2.34. The molecule has 3 heterocycles. The molecule has 1 unspecified atom stereocenters. The van der Waals surface area contributed by atoms with E-state index in [0.717, 1.165) is 11.3 Å². The van der Waals surface area contributed by atoms with E-state index in [1.165, 1.54) is 22.8 Å². The quantitative estimate of drug-likeness (QED) is 0.712. The minimum atomic E-state index is -3.73. The zero-order valence-electron chi connectivity index (χ0n) is 13.0. The third-order valence-corrected chi connectivity index (χ3v) is 8.04. The van der Waals surface area contributed by atoms with E-state index in [-0.39, 0.29) is 29.6 Å². The van der Waals surface area contributed by atoms with Gasteiger partial charge in [0.05, 0.1) is 31.2 Å². The molecule has 2 aromatic heterocycles. The molecule has 1 fully saturated rings. The molecule has 3 rings (SSSR count). The Hall–Kier alpha value is -1.26. The van der Waals surface area contributed by atoms with Gasteiger partial charge in [-0.15, -0.1) is 22.7 Å². The van der Waals surface area contributed by atoms with Crippen LogP contribution in [-0.4, -0.2) is 51.4 Å². The Kier molecular flexibility index (Phi) is 5.36. The average Bonchev–Trinajstić information content (AvgIpc) is 3.26. The van der Waals surface area contributed by atoms with Crippen molar-refractivity contribution in [1.82, 2.24) is 4.31 Å². The van der Waals surface area contributed by atoms with Crippen LogP contribution in [0.3, 0.4) is 0 Å². The normalized spacial score (nSPS) is 19.3. The van der Waals surface area contributed by atoms with E-state index in [4.69, 9.17) is 9.47 Å². The Bertz CT molecular complexity index is 797. The highest BCUT2D eigenvalue weighted by Gasteiger charge is 2.37. The van der Waals surface area contributed by atoms with E-state index in [1.807, 2.05) is 5.38 Å². The number of carbonyl (C=O) groups excluding carboxylic acids is 1. The van der Waals surface area contributed by atoms with Crippen molar-refractivity contribution in [2.45, 2.75) is 16.7 Å². The molecule has 9 heteroatoms. The van der Waals surface area contributed by atoms with Crippen LogP contribution in [0.15, 0.2) is 33.2 Å². The van der Waals surface area contributed by atoms with E-state index in [1.54, 1.807) is 23.6 Å². The molecular weight excluding hydrogens is 370 g/mol. The highest BCUT2D eigenvalue weighted by atomic mass is 32.2. The van der Waals surface area contributed by atoms with E-state index < -0.39 is 16.1 Å². The van der Waals surface area contributed by atoms with E-state index in [2.05, 4.69) is 0 Å². The van der Waals surface area contributed by atoms with Crippen molar-refractivity contribution in [1.29, 1.82) is 0 Å². The van der Waals surface area contributed by atoms with Crippen molar-refractivity contribution in [3.63, 3.8) is 0 Å². The number of thiophene rings is 2. The summed E-state index contributed by atoms with van der Waals surface area (Å²) < 4.78 is 38.1. The van der Waals surface area contributed by atoms with Crippen LogP contribution >= 0.6 is 22.7 Å². The molecule has 0 bridgehead atoms. The molecule has 0 spiro atoms. The van der Waals surface area contributed by atoms with Gasteiger partial charge in [-0.05, 0) is 22.9 Å². The molecule has 1 aliphatic heterocycles. The number of rotatable bonds is 6. The SMILES string of the molecule is COc1ccsc1S(=O)(=O)N1CCOCC1CC(=O)c1cccs1. The van der Waals surface area contributed by atoms with E-state index in [9.17, 15) is 13.2 Å². The summed E-state index contributed by atoms with van der Waals surface area (Å²) in [4.78, 5) is 13.0. The molecule has 1 saturated heterocycles. The van der Waals surface area contributed by atoms with Crippen molar-refractivity contribution in [3.05, 3.63) is 33.8 Å². The molecule has 0 aromatic carbocycles. The molecular formula is C15H17NO5S3. The number of hydrogen-bond donors (Lipinski definition) is 0. The number of hydrogen-bond acceptors (Lipinski definition) is 7. The standard InChI is InChI=1S/C15H17NO5S3/c1-20-13-4-8-23-15(13)24(18,19)16-5-6-21-10-11(16)9-12(17)14-3-2-7-22-14/h2-4,7-8,11H,5-6,9-10H2,1H3. The van der Waals surface area contributed by atoms with Crippen LogP contribution < -0.4 is 4.74 Å². The summed E-state index contributed by atoms with van der Waals surface area (Å²) in [5, 5.41) is 3.51. The number of ether oxygens (including phenoxy) is 2. The third-order valence-electron chi connectivity index (χ3n) is 3.75. The van der Waals surface area contributed by atoms with Gasteiger partial charge in [-0.3, -0.25) is 4.79 Å². The summed E-state index contributed by atoms with van der Waals surface area (Å²) in [6, 6.07) is 4.67. The van der Waals surface area contributed by atoms with Crippen molar-refractivity contribution < 1.29 is 22.7 Å². The predicted molar refractivity (Wildman–Crippen MR) is 92.6 cm³/mol. The van der Waals surface area contributed by atoms with Gasteiger partial charge in [0.1, 0.15) is 5.75 Å². The monoisotopic (exact) mass is 387 g/mol. The second-order valence-corrected chi connectivity index (χ2v) is 9.18. The van der Waals surface area contributed by atoms with Crippen LogP contribution in [0.5, 0.6) is 5.75 Å². The van der Waals surface area contributed by atoms with Crippen LogP contribution in [0.1, 0.15) is 16.1 Å². The van der Waals surface area contributed by atoms with Gasteiger partial charge < -0.3 is 9.47 Å². The number of ketones is 1. The first-order valence-electron chi connectivity index (χ1n) is 7.32. The molecule has 1 aliphatic rings. The highest BCUT2D eigenvalue weighted by molar-refractivity contribution is 7.91. The Balaban J connectivity index is 1.85. The van der Waals surface area contributed by atoms with Crippen molar-refractivity contribution in [3.8, 4) is 5.75 Å². The number of Topliss-reactive ketones (excluding diaryl/α,β-unsaturated/α-hetero) is 1. The fourth-order valence-electron chi connectivity index (χ4n) is 2.60. The van der Waals surface area contributed by atoms with Gasteiger partial charge in [-0.2, -0.15) is 4.31 Å². The second-order valence-electron chi connectivity index (χ2n) is 5.23. The maximum atomic E-state index is 13.0. The van der Waals surface area contributed by atoms with Crippen molar-refractivity contribution >= 4 is 38.5 Å². The average molecular weight is 388 g/mol. The van der Waals surface area contributed by atoms with Crippen molar-refractivity contribution in [2.75, 3.05) is 26.9 Å². The molecule has 6 nitrogen and oxygen atoms in total. The lowest BCUT2D eigenvalue weighted by atomic mass is 10.1. The molecule has 0 saturated carbocycles. The summed E-state index contributed by atoms with van der Waals surface area (Å²) in [5.41, 5.74) is 0. The molecule has 1 atom stereocenters. The lowest BCUT2D eigenvalue weighted by Crippen LogP contribution is -2.49. The molecule has 2 aromatic rings. The van der Waals surface area contributed by atoms with E-state index >= 15 is 0 Å². The smallest absolute Gasteiger partial charge is 0.256 e. The molecule has 130 valence electrons. The van der Waals surface area contributed by atoms with Gasteiger partial charge >= 0.3 is 0 Å². The first-order chi connectivity index (χ1) is 11.5. The summed E-state index contributed by atoms with van der Waals surface area (Å²) in [6.45, 7) is 0.756. The van der Waals surface area contributed by atoms with Gasteiger partial charge in [-0.1, -0.05) is 6.07 Å². The molecule has 0 radical (unpaired) electrons. The maximum absolute atomic E-state index is 13.0. The molecule has 0 N–H and O–H groups in total. The summed E-state index contributed by atoms with van der Waals surface area (Å²) in [7, 11) is -2.28. The van der Waals surface area contributed by atoms with Gasteiger partial charge in [0.25, 0.3) is 10.0 Å². The van der Waals surface area contributed by atoms with Crippen LogP contribution in [0.4, 0.5) is 0 Å². The van der Waals surface area contributed by atoms with Crippen molar-refractivity contribution in [2.24, 2.45) is 0 Å². The van der Waals surface area contributed by atoms with Crippen LogP contribution in [0.2, 0.25) is 0 Å². The second kappa shape index (κ2) is 7.32. The minimum Gasteiger partial charge on any atom is -0.494 e. The predicted octanol–water partition coefficient (Wildman–Crippen LogP) is 2.48. The zero-order valence-corrected chi connectivity index (χ0v) is 15.5. The van der Waals surface area contributed by atoms with Crippen LogP contribution in [0.25, 0.3) is 0 Å². The number of methoxy groups -OCH3 is 1. The molecule has 0 aliphatic carbocycles. The number of nitrogens with zero attached hydrogens (tertiary/aromatic N) is 1. The summed E-state index contributed by atoms with van der Waals surface area (Å²) in [6.07, 6.45) is 0.105.